The molecule has 0 bridgehead atoms. The van der Waals surface area contributed by atoms with E-state index >= 15 is 0 Å². The Morgan fingerprint density at radius 2 is 1.91 bits per heavy atom. The lowest BCUT2D eigenvalue weighted by atomic mass is 10.2. The molecule has 2 aromatic heterocycles. The molecule has 0 unspecified atom stereocenters. The molecule has 0 radical (unpaired) electrons. The molecule has 4 rings (SSSR count). The monoisotopic (exact) mass is 488 g/mol. The van der Waals surface area contributed by atoms with E-state index in [2.05, 4.69) is 32.1 Å². The molecule has 3 N–H and O–H groups in total. The van der Waals surface area contributed by atoms with Crippen LogP contribution >= 0.6 is 11.3 Å². The molecule has 0 atom stereocenters. The summed E-state index contributed by atoms with van der Waals surface area (Å²) >= 11 is 1.41. The first-order chi connectivity index (χ1) is 15.7. The molecule has 9 nitrogen and oxygen atoms in total. The van der Waals surface area contributed by atoms with Crippen molar-refractivity contribution in [1.29, 1.82) is 0 Å². The second kappa shape index (κ2) is 9.64. The van der Waals surface area contributed by atoms with Crippen LogP contribution in [0.2, 0.25) is 0 Å². The van der Waals surface area contributed by atoms with E-state index in [0.717, 1.165) is 43.3 Å². The average molecular weight is 489 g/mol. The zero-order valence-electron chi connectivity index (χ0n) is 18.9. The molecule has 1 saturated heterocycles. The first-order valence-electron chi connectivity index (χ1n) is 10.6. The molecule has 0 spiro atoms. The number of nitrogens with two attached hydrogens (primary N) is 1. The van der Waals surface area contributed by atoms with Gasteiger partial charge in [0.05, 0.1) is 22.4 Å². The molecular weight excluding hydrogens is 460 g/mol. The number of nitrogens with zero attached hydrogens (tertiary/aromatic N) is 4. The summed E-state index contributed by atoms with van der Waals surface area (Å²) in [5.41, 5.74) is 2.18. The van der Waals surface area contributed by atoms with Crippen LogP contribution in [0.5, 0.6) is 5.75 Å². The fourth-order valence-electron chi connectivity index (χ4n) is 3.48. The predicted molar refractivity (Wildman–Crippen MR) is 132 cm³/mol. The normalized spacial score (nSPS) is 15.1. The minimum Gasteiger partial charge on any atom is -0.489 e. The van der Waals surface area contributed by atoms with Crippen molar-refractivity contribution in [1.82, 2.24) is 14.9 Å². The lowest BCUT2D eigenvalue weighted by Gasteiger charge is -2.33. The first kappa shape index (κ1) is 23.4. The van der Waals surface area contributed by atoms with Crippen molar-refractivity contribution in [2.75, 3.05) is 43.4 Å². The van der Waals surface area contributed by atoms with Gasteiger partial charge in [-0.1, -0.05) is 0 Å². The summed E-state index contributed by atoms with van der Waals surface area (Å²) in [6.45, 7) is 7.78. The zero-order chi connectivity index (χ0) is 23.6. The summed E-state index contributed by atoms with van der Waals surface area (Å²) in [5.74, 6) is 1.49. The molecule has 33 heavy (non-hydrogen) atoms. The summed E-state index contributed by atoms with van der Waals surface area (Å²) < 4.78 is 29.4. The van der Waals surface area contributed by atoms with Crippen LogP contribution in [-0.2, 0) is 10.0 Å². The molecule has 1 aliphatic rings. The quantitative estimate of drug-likeness (QED) is 0.521. The van der Waals surface area contributed by atoms with Crippen LogP contribution in [0.1, 0.15) is 13.8 Å². The van der Waals surface area contributed by atoms with E-state index in [9.17, 15) is 8.42 Å². The topological polar surface area (TPSA) is 114 Å². The summed E-state index contributed by atoms with van der Waals surface area (Å²) in [5, 5.41) is 11.0. The van der Waals surface area contributed by atoms with Gasteiger partial charge in [-0.05, 0) is 51.2 Å². The van der Waals surface area contributed by atoms with Gasteiger partial charge in [-0.2, -0.15) is 0 Å². The average Bonchev–Trinajstić information content (AvgIpc) is 3.23. The Morgan fingerprint density at radius 1 is 1.15 bits per heavy atom. The van der Waals surface area contributed by atoms with Crippen molar-refractivity contribution in [2.45, 2.75) is 24.8 Å². The van der Waals surface area contributed by atoms with E-state index in [1.165, 1.54) is 23.5 Å². The number of benzene rings is 1. The molecule has 1 fully saturated rings. The van der Waals surface area contributed by atoms with E-state index < -0.39 is 10.0 Å². The zero-order valence-corrected chi connectivity index (χ0v) is 20.5. The van der Waals surface area contributed by atoms with Gasteiger partial charge in [-0.15, -0.1) is 11.3 Å². The number of likely N-dealkylation sites (N-methyl/N-ethyl adjacent to an activating group) is 1. The van der Waals surface area contributed by atoms with Gasteiger partial charge in [0.2, 0.25) is 10.0 Å². The summed E-state index contributed by atoms with van der Waals surface area (Å²) in [7, 11) is -1.71. The number of sulfonamides is 1. The van der Waals surface area contributed by atoms with Gasteiger partial charge in [0.1, 0.15) is 11.6 Å². The Bertz CT molecular complexity index is 1200. The number of aromatic nitrogens is 2. The maximum atomic E-state index is 11.8. The van der Waals surface area contributed by atoms with Gasteiger partial charge in [0, 0.05) is 43.3 Å². The molecule has 11 heteroatoms. The minimum absolute atomic E-state index is 0.00146. The van der Waals surface area contributed by atoms with Crippen molar-refractivity contribution in [3.8, 4) is 17.0 Å². The maximum Gasteiger partial charge on any atom is 0.238 e. The predicted octanol–water partition coefficient (Wildman–Crippen LogP) is 3.14. The Balaban J connectivity index is 1.53. The second-order valence-corrected chi connectivity index (χ2v) is 10.6. The van der Waals surface area contributed by atoms with E-state index in [0.29, 0.717) is 16.6 Å². The van der Waals surface area contributed by atoms with Crippen LogP contribution in [0.25, 0.3) is 11.3 Å². The fraction of sp³-hybridized carbons (Fsp3) is 0.364. The molecule has 0 amide bonds. The van der Waals surface area contributed by atoms with Gasteiger partial charge in [0.15, 0.2) is 5.13 Å². The molecule has 0 aliphatic carbocycles. The van der Waals surface area contributed by atoms with Gasteiger partial charge >= 0.3 is 0 Å². The summed E-state index contributed by atoms with van der Waals surface area (Å²) in [6.07, 6.45) is 1.75. The van der Waals surface area contributed by atoms with E-state index in [4.69, 9.17) is 9.88 Å². The number of hydrogen-bond donors (Lipinski definition) is 2. The number of ether oxygens (including phenoxy) is 1. The highest BCUT2D eigenvalue weighted by Gasteiger charge is 2.17. The molecule has 0 saturated carbocycles. The van der Waals surface area contributed by atoms with Crippen LogP contribution in [0, 0.1) is 0 Å². The standard InChI is InChI=1S/C22H28N6O3S2/c1-15(2)31-20-6-5-17(33(23,29)30)12-18(20)25-22-26-19(14-32-22)16-4-7-21(24-13-16)28-10-8-27(3)9-11-28/h4-7,12-15H,8-11H2,1-3H3,(H,25,26)(H2,23,29,30). The first-order valence-corrected chi connectivity index (χ1v) is 13.1. The second-order valence-electron chi connectivity index (χ2n) is 8.23. The number of thiazole rings is 1. The Kier molecular flexibility index (Phi) is 6.84. The molecule has 3 aromatic rings. The van der Waals surface area contributed by atoms with Gasteiger partial charge in [0.25, 0.3) is 0 Å². The molecule has 176 valence electrons. The third-order valence-corrected chi connectivity index (χ3v) is 6.93. The Morgan fingerprint density at radius 3 is 2.55 bits per heavy atom. The Hall–Kier alpha value is -2.73. The van der Waals surface area contributed by atoms with Gasteiger partial charge in [-0.3, -0.25) is 0 Å². The highest BCUT2D eigenvalue weighted by atomic mass is 32.2. The van der Waals surface area contributed by atoms with Crippen LogP contribution in [0.3, 0.4) is 0 Å². The third kappa shape index (κ3) is 5.80. The number of primary sulfonamides is 1. The number of hydrogen-bond acceptors (Lipinski definition) is 9. The SMILES string of the molecule is CC(C)Oc1ccc(S(N)(=O)=O)cc1Nc1nc(-c2ccc(N3CCN(C)CC3)nc2)cs1. The number of anilines is 3. The van der Waals surface area contributed by atoms with Crippen LogP contribution in [0.4, 0.5) is 16.6 Å². The molecular formula is C22H28N6O3S2. The number of pyridine rings is 1. The van der Waals surface area contributed by atoms with Gasteiger partial charge < -0.3 is 19.9 Å². The highest BCUT2D eigenvalue weighted by molar-refractivity contribution is 7.89. The lowest BCUT2D eigenvalue weighted by Crippen LogP contribution is -2.44. The summed E-state index contributed by atoms with van der Waals surface area (Å²) in [4.78, 5) is 13.9. The van der Waals surface area contributed by atoms with E-state index in [1.54, 1.807) is 6.07 Å². The van der Waals surface area contributed by atoms with Gasteiger partial charge in [-0.25, -0.2) is 23.5 Å². The molecule has 1 aromatic carbocycles. The van der Waals surface area contributed by atoms with Crippen molar-refractivity contribution in [3.05, 3.63) is 41.9 Å². The van der Waals surface area contributed by atoms with Crippen molar-refractivity contribution in [3.63, 3.8) is 0 Å². The fourth-order valence-corrected chi connectivity index (χ4v) is 4.75. The van der Waals surface area contributed by atoms with Crippen molar-refractivity contribution >= 4 is 38.0 Å². The smallest absolute Gasteiger partial charge is 0.238 e. The number of nitrogens with one attached hydrogen (secondary N) is 1. The van der Waals surface area contributed by atoms with E-state index in [-0.39, 0.29) is 11.0 Å². The van der Waals surface area contributed by atoms with Crippen molar-refractivity contribution in [2.24, 2.45) is 5.14 Å². The molecule has 1 aliphatic heterocycles. The maximum absolute atomic E-state index is 11.8. The minimum atomic E-state index is -3.84. The number of rotatable bonds is 7. The van der Waals surface area contributed by atoms with Crippen LogP contribution in [-0.4, -0.2) is 62.6 Å². The highest BCUT2D eigenvalue weighted by Crippen LogP contribution is 2.33. The van der Waals surface area contributed by atoms with Crippen LogP contribution < -0.4 is 20.1 Å². The van der Waals surface area contributed by atoms with Crippen LogP contribution in [0.15, 0.2) is 46.8 Å². The van der Waals surface area contributed by atoms with E-state index in [1.807, 2.05) is 37.6 Å². The largest absolute Gasteiger partial charge is 0.489 e. The van der Waals surface area contributed by atoms with Crippen molar-refractivity contribution < 1.29 is 13.2 Å². The third-order valence-electron chi connectivity index (χ3n) is 5.26. The lowest BCUT2D eigenvalue weighted by molar-refractivity contribution is 0.243. The Labute approximate surface area is 198 Å². The summed E-state index contributed by atoms with van der Waals surface area (Å²) in [6, 6.07) is 8.53. The molecule has 3 heterocycles. The number of piperazine rings is 1.